The fourth-order valence-electron chi connectivity index (χ4n) is 4.04. The summed E-state index contributed by atoms with van der Waals surface area (Å²) in [6, 6.07) is 25.2. The minimum Gasteiger partial charge on any atom is -0.361 e. The maximum absolute atomic E-state index is 13.0. The van der Waals surface area contributed by atoms with Gasteiger partial charge in [-0.05, 0) is 23.3 Å². The van der Waals surface area contributed by atoms with Crippen LogP contribution in [-0.2, 0) is 0 Å². The number of amides is 1. The molecule has 31 heavy (non-hydrogen) atoms. The molecule has 3 aromatic carbocycles. The second-order valence-electron chi connectivity index (χ2n) is 7.41. The van der Waals surface area contributed by atoms with Crippen LogP contribution < -0.4 is 10.9 Å². The molecule has 2 aromatic heterocycles. The number of nitrogens with one attached hydrogen (secondary N) is 3. The van der Waals surface area contributed by atoms with Crippen LogP contribution in [0.25, 0.3) is 21.7 Å². The van der Waals surface area contributed by atoms with Crippen LogP contribution >= 0.6 is 0 Å². The summed E-state index contributed by atoms with van der Waals surface area (Å²) in [6.45, 7) is 0.389. The van der Waals surface area contributed by atoms with Crippen LogP contribution in [-0.4, -0.2) is 27.6 Å². The first-order valence-corrected chi connectivity index (χ1v) is 10.1. The van der Waals surface area contributed by atoms with Crippen molar-refractivity contribution in [1.82, 2.24) is 20.5 Å². The number of nitrogens with zero attached hydrogens (tertiary/aromatic N) is 1. The third kappa shape index (κ3) is 3.48. The van der Waals surface area contributed by atoms with Crippen LogP contribution in [0.1, 0.15) is 27.5 Å². The van der Waals surface area contributed by atoms with E-state index in [-0.39, 0.29) is 23.1 Å². The Hall–Kier alpha value is -4.19. The van der Waals surface area contributed by atoms with E-state index in [4.69, 9.17) is 0 Å². The lowest BCUT2D eigenvalue weighted by atomic mass is 9.91. The van der Waals surface area contributed by atoms with E-state index < -0.39 is 0 Å². The van der Waals surface area contributed by atoms with Crippen molar-refractivity contribution < 1.29 is 4.79 Å². The first-order valence-electron chi connectivity index (χ1n) is 10.1. The molecule has 0 saturated heterocycles. The molecule has 0 radical (unpaired) electrons. The zero-order valence-corrected chi connectivity index (χ0v) is 16.6. The first kappa shape index (κ1) is 18.8. The van der Waals surface area contributed by atoms with Gasteiger partial charge in [-0.15, -0.1) is 0 Å². The molecule has 0 aliphatic carbocycles. The molecule has 2 heterocycles. The average molecular weight is 408 g/mol. The van der Waals surface area contributed by atoms with Gasteiger partial charge in [0.2, 0.25) is 0 Å². The maximum atomic E-state index is 13.0. The minimum absolute atomic E-state index is 0.0460. The molecular formula is C25H20N4O2. The number of fused-ring (bicyclic) bond motifs is 2. The highest BCUT2D eigenvalue weighted by Gasteiger charge is 2.21. The number of rotatable bonds is 5. The summed E-state index contributed by atoms with van der Waals surface area (Å²) in [4.78, 5) is 28.4. The van der Waals surface area contributed by atoms with E-state index in [0.717, 1.165) is 22.0 Å². The predicted molar refractivity (Wildman–Crippen MR) is 121 cm³/mol. The molecular weight excluding hydrogens is 388 g/mol. The lowest BCUT2D eigenvalue weighted by Crippen LogP contribution is -2.30. The summed E-state index contributed by atoms with van der Waals surface area (Å²) < 4.78 is 0. The van der Waals surface area contributed by atoms with Gasteiger partial charge in [0.25, 0.3) is 11.5 Å². The number of benzene rings is 3. The summed E-state index contributed by atoms with van der Waals surface area (Å²) in [5, 5.41) is 11.6. The number of aromatic amines is 2. The third-order valence-electron chi connectivity index (χ3n) is 5.58. The molecule has 0 spiro atoms. The van der Waals surface area contributed by atoms with Gasteiger partial charge < -0.3 is 10.3 Å². The highest BCUT2D eigenvalue weighted by Crippen LogP contribution is 2.30. The molecule has 1 amide bonds. The Balaban J connectivity index is 1.49. The van der Waals surface area contributed by atoms with Gasteiger partial charge in [0, 0.05) is 34.9 Å². The first-order chi connectivity index (χ1) is 15.2. The van der Waals surface area contributed by atoms with Crippen LogP contribution in [0.4, 0.5) is 0 Å². The molecule has 152 valence electrons. The number of carbonyl (C=O) groups is 1. The Bertz CT molecular complexity index is 1440. The Kier molecular flexibility index (Phi) is 4.80. The zero-order valence-electron chi connectivity index (χ0n) is 16.6. The van der Waals surface area contributed by atoms with Crippen molar-refractivity contribution in [3.8, 4) is 0 Å². The number of H-pyrrole nitrogens is 2. The quantitative estimate of drug-likeness (QED) is 0.411. The Morgan fingerprint density at radius 3 is 2.35 bits per heavy atom. The number of aromatic nitrogens is 3. The smallest absolute Gasteiger partial charge is 0.272 e. The van der Waals surface area contributed by atoms with Gasteiger partial charge in [-0.25, -0.2) is 5.10 Å². The van der Waals surface area contributed by atoms with Crippen molar-refractivity contribution in [3.63, 3.8) is 0 Å². The largest absolute Gasteiger partial charge is 0.361 e. The number of hydrogen-bond acceptors (Lipinski definition) is 3. The van der Waals surface area contributed by atoms with Gasteiger partial charge in [-0.1, -0.05) is 66.7 Å². The van der Waals surface area contributed by atoms with Crippen molar-refractivity contribution in [3.05, 3.63) is 112 Å². The summed E-state index contributed by atoms with van der Waals surface area (Å²) in [5.74, 6) is -0.372. The fraction of sp³-hybridized carbons (Fsp3) is 0.0800. The van der Waals surface area contributed by atoms with E-state index >= 15 is 0 Å². The predicted octanol–water partition coefficient (Wildman–Crippen LogP) is 3.97. The summed E-state index contributed by atoms with van der Waals surface area (Å²) in [7, 11) is 0. The lowest BCUT2D eigenvalue weighted by molar-refractivity contribution is 0.0948. The molecule has 0 aliphatic rings. The number of para-hydroxylation sites is 1. The van der Waals surface area contributed by atoms with Crippen molar-refractivity contribution in [1.29, 1.82) is 0 Å². The maximum Gasteiger partial charge on any atom is 0.272 e. The van der Waals surface area contributed by atoms with Gasteiger partial charge >= 0.3 is 0 Å². The molecule has 0 unspecified atom stereocenters. The second-order valence-corrected chi connectivity index (χ2v) is 7.41. The van der Waals surface area contributed by atoms with Gasteiger partial charge in [0.1, 0.15) is 0 Å². The zero-order chi connectivity index (χ0) is 21.2. The van der Waals surface area contributed by atoms with Crippen molar-refractivity contribution >= 4 is 27.6 Å². The molecule has 0 fully saturated rings. The highest BCUT2D eigenvalue weighted by atomic mass is 16.2. The van der Waals surface area contributed by atoms with Crippen LogP contribution in [0.2, 0.25) is 0 Å². The summed E-state index contributed by atoms with van der Waals surface area (Å²) >= 11 is 0. The van der Waals surface area contributed by atoms with Crippen molar-refractivity contribution in [2.45, 2.75) is 5.92 Å². The molecule has 5 rings (SSSR count). The van der Waals surface area contributed by atoms with Gasteiger partial charge in [0.05, 0.1) is 5.39 Å². The molecule has 1 atom stereocenters. The highest BCUT2D eigenvalue weighted by molar-refractivity contribution is 6.04. The molecule has 6 heteroatoms. The minimum atomic E-state index is -0.326. The SMILES string of the molecule is O=C(NC[C@@H](c1ccccc1)c1c[nH]c2ccccc12)c1n[nH]c(=O)c2ccccc12. The molecule has 0 bridgehead atoms. The van der Waals surface area contributed by atoms with E-state index in [9.17, 15) is 9.59 Å². The van der Waals surface area contributed by atoms with Crippen molar-refractivity contribution in [2.75, 3.05) is 6.54 Å². The van der Waals surface area contributed by atoms with E-state index in [1.807, 2.05) is 42.6 Å². The van der Waals surface area contributed by atoms with E-state index in [1.165, 1.54) is 0 Å². The molecule has 6 nitrogen and oxygen atoms in total. The van der Waals surface area contributed by atoms with Crippen molar-refractivity contribution in [2.24, 2.45) is 0 Å². The van der Waals surface area contributed by atoms with Gasteiger partial charge in [0.15, 0.2) is 5.69 Å². The molecule has 0 saturated carbocycles. The number of hydrogen-bond donors (Lipinski definition) is 3. The van der Waals surface area contributed by atoms with E-state index in [2.05, 4.69) is 38.7 Å². The molecule has 5 aromatic rings. The summed E-state index contributed by atoms with van der Waals surface area (Å²) in [5.41, 5.74) is 3.17. The van der Waals surface area contributed by atoms with E-state index in [1.54, 1.807) is 24.3 Å². The number of carbonyl (C=O) groups excluding carboxylic acids is 1. The third-order valence-corrected chi connectivity index (χ3v) is 5.58. The standard InChI is InChI=1S/C25H20N4O2/c30-24-19-12-5-4-11-18(19)23(28-29-24)25(31)27-14-20(16-8-2-1-3-9-16)21-15-26-22-13-7-6-10-17(21)22/h1-13,15,20,26H,14H2,(H,27,31)(H,29,30)/t20-/m0/s1. The average Bonchev–Trinajstić information content (AvgIpc) is 3.24. The van der Waals surface area contributed by atoms with Gasteiger partial charge in [-0.2, -0.15) is 5.10 Å². The van der Waals surface area contributed by atoms with Crippen LogP contribution in [0.5, 0.6) is 0 Å². The topological polar surface area (TPSA) is 90.6 Å². The lowest BCUT2D eigenvalue weighted by Gasteiger charge is -2.18. The van der Waals surface area contributed by atoms with Crippen LogP contribution in [0.3, 0.4) is 0 Å². The fourth-order valence-corrected chi connectivity index (χ4v) is 4.04. The Morgan fingerprint density at radius 2 is 1.55 bits per heavy atom. The monoisotopic (exact) mass is 408 g/mol. The Labute approximate surface area is 177 Å². The van der Waals surface area contributed by atoms with Crippen LogP contribution in [0, 0.1) is 0 Å². The second kappa shape index (κ2) is 7.91. The van der Waals surface area contributed by atoms with Crippen LogP contribution in [0.15, 0.2) is 89.9 Å². The van der Waals surface area contributed by atoms with Gasteiger partial charge in [-0.3, -0.25) is 9.59 Å². The molecule has 0 aliphatic heterocycles. The van der Waals surface area contributed by atoms with E-state index in [0.29, 0.717) is 17.3 Å². The molecule has 3 N–H and O–H groups in total. The normalized spacial score (nSPS) is 12.1. The summed E-state index contributed by atoms with van der Waals surface area (Å²) in [6.07, 6.45) is 2.00. The Morgan fingerprint density at radius 1 is 0.871 bits per heavy atom.